The van der Waals surface area contributed by atoms with Gasteiger partial charge in [-0.05, 0) is 48.9 Å². The van der Waals surface area contributed by atoms with Gasteiger partial charge in [-0.1, -0.05) is 48.0 Å². The van der Waals surface area contributed by atoms with Gasteiger partial charge < -0.3 is 30.1 Å². The largest absolute Gasteiger partial charge is 0.457 e. The monoisotopic (exact) mass is 489 g/mol. The molecule has 2 amide bonds. The SMILES string of the molecule is Cc1ccc(Oc2ccc(CNC(=O)[C@H](O)[C@@H](O)C(=O)N3CCN(c4ccccc4)CC3)cc2)cc1. The van der Waals surface area contributed by atoms with Gasteiger partial charge in [0.1, 0.15) is 11.5 Å². The Morgan fingerprint density at radius 2 is 1.42 bits per heavy atom. The maximum Gasteiger partial charge on any atom is 0.254 e. The van der Waals surface area contributed by atoms with Gasteiger partial charge in [-0.2, -0.15) is 0 Å². The zero-order valence-corrected chi connectivity index (χ0v) is 20.2. The van der Waals surface area contributed by atoms with Crippen LogP contribution in [0, 0.1) is 6.92 Å². The molecule has 0 saturated carbocycles. The Balaban J connectivity index is 1.23. The first-order valence-electron chi connectivity index (χ1n) is 12.0. The smallest absolute Gasteiger partial charge is 0.254 e. The van der Waals surface area contributed by atoms with E-state index >= 15 is 0 Å². The summed E-state index contributed by atoms with van der Waals surface area (Å²) in [7, 11) is 0. The highest BCUT2D eigenvalue weighted by Gasteiger charge is 2.34. The van der Waals surface area contributed by atoms with E-state index < -0.39 is 24.0 Å². The van der Waals surface area contributed by atoms with E-state index in [4.69, 9.17) is 4.74 Å². The van der Waals surface area contributed by atoms with Crippen LogP contribution in [0.25, 0.3) is 0 Å². The lowest BCUT2D eigenvalue weighted by atomic mass is 10.1. The quantitative estimate of drug-likeness (QED) is 0.449. The fourth-order valence-electron chi connectivity index (χ4n) is 4.00. The second kappa shape index (κ2) is 11.7. The molecule has 3 aromatic carbocycles. The van der Waals surface area contributed by atoms with E-state index in [-0.39, 0.29) is 6.54 Å². The minimum atomic E-state index is -1.85. The van der Waals surface area contributed by atoms with Gasteiger partial charge in [0.25, 0.3) is 11.8 Å². The van der Waals surface area contributed by atoms with Crippen LogP contribution in [0.15, 0.2) is 78.9 Å². The fraction of sp³-hybridized carbons (Fsp3) is 0.286. The molecule has 1 aliphatic rings. The van der Waals surface area contributed by atoms with Gasteiger partial charge in [-0.25, -0.2) is 0 Å². The second-order valence-electron chi connectivity index (χ2n) is 8.81. The first-order valence-corrected chi connectivity index (χ1v) is 12.0. The standard InChI is InChI=1S/C28H31N3O5/c1-20-7-11-23(12-8-20)36-24-13-9-21(10-14-24)19-29-27(34)25(32)26(33)28(35)31-17-15-30(16-18-31)22-5-3-2-4-6-22/h2-14,25-26,32-33H,15-19H2,1H3,(H,29,34)/t25-,26-/m1/s1. The number of aliphatic hydroxyl groups excluding tert-OH is 2. The third kappa shape index (κ3) is 6.41. The molecule has 8 heteroatoms. The van der Waals surface area contributed by atoms with Crippen LogP contribution >= 0.6 is 0 Å². The minimum Gasteiger partial charge on any atom is -0.457 e. The summed E-state index contributed by atoms with van der Waals surface area (Å²) in [5.41, 5.74) is 3.00. The molecule has 3 N–H and O–H groups in total. The number of anilines is 1. The Kier molecular flexibility index (Phi) is 8.20. The summed E-state index contributed by atoms with van der Waals surface area (Å²) < 4.78 is 5.79. The van der Waals surface area contributed by atoms with E-state index in [1.807, 2.05) is 61.5 Å². The van der Waals surface area contributed by atoms with Gasteiger partial charge >= 0.3 is 0 Å². The number of para-hydroxylation sites is 1. The number of hydrogen-bond donors (Lipinski definition) is 3. The summed E-state index contributed by atoms with van der Waals surface area (Å²) in [4.78, 5) is 28.7. The topological polar surface area (TPSA) is 102 Å². The van der Waals surface area contributed by atoms with Crippen LogP contribution < -0.4 is 15.0 Å². The molecule has 0 aliphatic carbocycles. The lowest BCUT2D eigenvalue weighted by Crippen LogP contribution is -2.55. The van der Waals surface area contributed by atoms with Gasteiger partial charge in [0.05, 0.1) is 0 Å². The third-order valence-corrected chi connectivity index (χ3v) is 6.18. The number of aliphatic hydroxyl groups is 2. The number of amides is 2. The third-order valence-electron chi connectivity index (χ3n) is 6.18. The molecule has 1 heterocycles. The van der Waals surface area contributed by atoms with Crippen molar-refractivity contribution >= 4 is 17.5 Å². The number of hydrogen-bond acceptors (Lipinski definition) is 6. The first-order chi connectivity index (χ1) is 17.4. The number of carbonyl (C=O) groups is 2. The average Bonchev–Trinajstić information content (AvgIpc) is 2.93. The predicted molar refractivity (Wildman–Crippen MR) is 137 cm³/mol. The van der Waals surface area contributed by atoms with Crippen LogP contribution in [0.5, 0.6) is 11.5 Å². The maximum atomic E-state index is 12.7. The normalized spacial score (nSPS) is 15.2. The number of nitrogens with zero attached hydrogens (tertiary/aromatic N) is 2. The number of aryl methyl sites for hydroxylation is 1. The summed E-state index contributed by atoms with van der Waals surface area (Å²) >= 11 is 0. The molecule has 1 aliphatic heterocycles. The predicted octanol–water partition coefficient (Wildman–Crippen LogP) is 2.47. The molecule has 36 heavy (non-hydrogen) atoms. The molecule has 3 aromatic rings. The van der Waals surface area contributed by atoms with Crippen molar-refractivity contribution in [3.63, 3.8) is 0 Å². The Labute approximate surface area is 210 Å². The van der Waals surface area contributed by atoms with E-state index in [1.165, 1.54) is 4.90 Å². The van der Waals surface area contributed by atoms with Gasteiger partial charge in [0.15, 0.2) is 12.2 Å². The van der Waals surface area contributed by atoms with Crippen LogP contribution in [0.2, 0.25) is 0 Å². The van der Waals surface area contributed by atoms with Crippen molar-refractivity contribution in [2.45, 2.75) is 25.7 Å². The lowest BCUT2D eigenvalue weighted by molar-refractivity contribution is -0.153. The fourth-order valence-corrected chi connectivity index (χ4v) is 4.00. The summed E-state index contributed by atoms with van der Waals surface area (Å²) in [6.45, 7) is 4.15. The lowest BCUT2D eigenvalue weighted by Gasteiger charge is -2.37. The number of ether oxygens (including phenoxy) is 1. The summed E-state index contributed by atoms with van der Waals surface area (Å²) in [6, 6.07) is 24.7. The minimum absolute atomic E-state index is 0.136. The van der Waals surface area contributed by atoms with Crippen LogP contribution in [0.4, 0.5) is 5.69 Å². The molecular formula is C28H31N3O5. The summed E-state index contributed by atoms with van der Waals surface area (Å²) in [5, 5.41) is 23.2. The molecule has 188 valence electrons. The van der Waals surface area contributed by atoms with E-state index in [0.29, 0.717) is 31.9 Å². The van der Waals surface area contributed by atoms with Crippen molar-refractivity contribution in [1.29, 1.82) is 0 Å². The first kappa shape index (κ1) is 25.2. The van der Waals surface area contributed by atoms with E-state index in [1.54, 1.807) is 24.3 Å². The molecule has 0 aromatic heterocycles. The van der Waals surface area contributed by atoms with Crippen molar-refractivity contribution < 1.29 is 24.5 Å². The van der Waals surface area contributed by atoms with E-state index in [0.717, 1.165) is 22.6 Å². The van der Waals surface area contributed by atoms with Gasteiger partial charge in [-0.3, -0.25) is 9.59 Å². The molecule has 1 saturated heterocycles. The Hall–Kier alpha value is -3.88. The van der Waals surface area contributed by atoms with Gasteiger partial charge in [-0.15, -0.1) is 0 Å². The van der Waals surface area contributed by atoms with Crippen molar-refractivity contribution in [3.05, 3.63) is 90.0 Å². The highest BCUT2D eigenvalue weighted by molar-refractivity contribution is 5.90. The number of carbonyl (C=O) groups excluding carboxylic acids is 2. The molecule has 0 bridgehead atoms. The molecular weight excluding hydrogens is 458 g/mol. The van der Waals surface area contributed by atoms with Gasteiger partial charge in [0.2, 0.25) is 0 Å². The molecule has 0 spiro atoms. The summed E-state index contributed by atoms with van der Waals surface area (Å²) in [5.74, 6) is -0.0750. The van der Waals surface area contributed by atoms with Crippen LogP contribution in [0.1, 0.15) is 11.1 Å². The molecule has 1 fully saturated rings. The Morgan fingerprint density at radius 1 is 0.833 bits per heavy atom. The molecule has 0 radical (unpaired) electrons. The highest BCUT2D eigenvalue weighted by atomic mass is 16.5. The summed E-state index contributed by atoms with van der Waals surface area (Å²) in [6.07, 6.45) is -3.67. The van der Waals surface area contributed by atoms with Crippen molar-refractivity contribution in [3.8, 4) is 11.5 Å². The Bertz CT molecular complexity index is 1140. The molecule has 4 rings (SSSR count). The van der Waals surface area contributed by atoms with E-state index in [2.05, 4.69) is 10.2 Å². The second-order valence-corrected chi connectivity index (χ2v) is 8.81. The zero-order valence-electron chi connectivity index (χ0n) is 20.2. The number of benzene rings is 3. The average molecular weight is 490 g/mol. The zero-order chi connectivity index (χ0) is 25.5. The molecule has 0 unspecified atom stereocenters. The van der Waals surface area contributed by atoms with Crippen LogP contribution in [-0.2, 0) is 16.1 Å². The van der Waals surface area contributed by atoms with Crippen LogP contribution in [-0.4, -0.2) is 65.3 Å². The number of nitrogens with one attached hydrogen (secondary N) is 1. The highest BCUT2D eigenvalue weighted by Crippen LogP contribution is 2.22. The van der Waals surface area contributed by atoms with Crippen LogP contribution in [0.3, 0.4) is 0 Å². The number of rotatable bonds is 8. The molecule has 8 nitrogen and oxygen atoms in total. The maximum absolute atomic E-state index is 12.7. The number of piperazine rings is 1. The van der Waals surface area contributed by atoms with Crippen molar-refractivity contribution in [2.24, 2.45) is 0 Å². The van der Waals surface area contributed by atoms with Crippen molar-refractivity contribution in [2.75, 3.05) is 31.1 Å². The van der Waals surface area contributed by atoms with Crippen molar-refractivity contribution in [1.82, 2.24) is 10.2 Å². The van der Waals surface area contributed by atoms with E-state index in [9.17, 15) is 19.8 Å². The molecule has 2 atom stereocenters. The van der Waals surface area contributed by atoms with Gasteiger partial charge in [0, 0.05) is 38.4 Å². The Morgan fingerprint density at radius 3 is 2.03 bits per heavy atom.